The van der Waals surface area contributed by atoms with E-state index in [0.717, 1.165) is 6.54 Å². The van der Waals surface area contributed by atoms with Gasteiger partial charge in [0, 0.05) is 12.6 Å². The van der Waals surface area contributed by atoms with E-state index >= 15 is 0 Å². The Morgan fingerprint density at radius 1 is 0.706 bits per heavy atom. The summed E-state index contributed by atoms with van der Waals surface area (Å²) in [6, 6.07) is 0.597. The molecule has 0 N–H and O–H groups in total. The van der Waals surface area contributed by atoms with Gasteiger partial charge in [-0.1, -0.05) is 71.6 Å². The fourth-order valence-corrected chi connectivity index (χ4v) is 2.19. The zero-order valence-corrected chi connectivity index (χ0v) is 12.5. The monoisotopic (exact) mass is 240 g/mol. The number of rotatable bonds is 13. The predicted molar refractivity (Wildman–Crippen MR) is 78.6 cm³/mol. The standard InChI is InChI=1S/C16H34N/c1-4-6-7-8-9-10-11-12-13-14-16(3)17-15-5-2/h16H,4-15H2,1-3H3. The fraction of sp³-hybridized carbons (Fsp3) is 1.00. The summed E-state index contributed by atoms with van der Waals surface area (Å²) in [7, 11) is 0. The maximum absolute atomic E-state index is 4.61. The Balaban J connectivity index is 3.02. The molecular formula is C16H34N. The van der Waals surface area contributed by atoms with E-state index in [2.05, 4.69) is 26.1 Å². The van der Waals surface area contributed by atoms with E-state index in [1.807, 2.05) is 0 Å². The molecule has 17 heavy (non-hydrogen) atoms. The summed E-state index contributed by atoms with van der Waals surface area (Å²) in [4.78, 5) is 0. The molecule has 0 heterocycles. The van der Waals surface area contributed by atoms with Crippen LogP contribution in [0, 0.1) is 0 Å². The zero-order valence-electron chi connectivity index (χ0n) is 12.5. The quantitative estimate of drug-likeness (QED) is 0.387. The van der Waals surface area contributed by atoms with Crippen molar-refractivity contribution in [1.29, 1.82) is 0 Å². The molecule has 0 aliphatic carbocycles. The lowest BCUT2D eigenvalue weighted by Gasteiger charge is -2.10. The third-order valence-corrected chi connectivity index (χ3v) is 3.39. The third kappa shape index (κ3) is 13.9. The molecule has 0 spiro atoms. The average Bonchev–Trinajstić information content (AvgIpc) is 2.34. The third-order valence-electron chi connectivity index (χ3n) is 3.39. The molecule has 1 heteroatoms. The normalized spacial score (nSPS) is 12.9. The molecule has 1 unspecified atom stereocenters. The SMILES string of the molecule is CCCCCCCCCCCC(C)[N]CCC. The van der Waals surface area contributed by atoms with Crippen molar-refractivity contribution >= 4 is 0 Å². The van der Waals surface area contributed by atoms with Crippen LogP contribution in [0.5, 0.6) is 0 Å². The van der Waals surface area contributed by atoms with Crippen molar-refractivity contribution in [3.05, 3.63) is 0 Å². The van der Waals surface area contributed by atoms with Crippen molar-refractivity contribution in [2.45, 2.75) is 97.4 Å². The van der Waals surface area contributed by atoms with Crippen LogP contribution >= 0.6 is 0 Å². The van der Waals surface area contributed by atoms with E-state index < -0.39 is 0 Å². The lowest BCUT2D eigenvalue weighted by atomic mass is 10.0. The first-order valence-electron chi connectivity index (χ1n) is 7.97. The first-order chi connectivity index (χ1) is 8.31. The van der Waals surface area contributed by atoms with Gasteiger partial charge in [0.2, 0.25) is 0 Å². The number of hydrogen-bond acceptors (Lipinski definition) is 0. The molecule has 0 amide bonds. The minimum atomic E-state index is 0.597. The maximum atomic E-state index is 4.61. The van der Waals surface area contributed by atoms with Crippen LogP contribution in [0.25, 0.3) is 0 Å². The van der Waals surface area contributed by atoms with Gasteiger partial charge >= 0.3 is 0 Å². The molecule has 0 fully saturated rings. The maximum Gasteiger partial charge on any atom is 0.0217 e. The molecule has 0 aliphatic rings. The van der Waals surface area contributed by atoms with Gasteiger partial charge in [0.15, 0.2) is 0 Å². The van der Waals surface area contributed by atoms with Crippen LogP contribution in [0.3, 0.4) is 0 Å². The van der Waals surface area contributed by atoms with Crippen molar-refractivity contribution in [3.8, 4) is 0 Å². The van der Waals surface area contributed by atoms with Gasteiger partial charge in [0.1, 0.15) is 0 Å². The topological polar surface area (TPSA) is 14.1 Å². The van der Waals surface area contributed by atoms with Gasteiger partial charge in [-0.15, -0.1) is 0 Å². The van der Waals surface area contributed by atoms with E-state index in [0.29, 0.717) is 6.04 Å². The number of hydrogen-bond donors (Lipinski definition) is 0. The second-order valence-electron chi connectivity index (χ2n) is 5.37. The molecule has 0 bridgehead atoms. The van der Waals surface area contributed by atoms with E-state index in [1.165, 1.54) is 70.6 Å². The van der Waals surface area contributed by atoms with Crippen molar-refractivity contribution in [2.24, 2.45) is 0 Å². The molecule has 0 aromatic carbocycles. The second kappa shape index (κ2) is 14.0. The first kappa shape index (κ1) is 17.0. The molecule has 0 saturated heterocycles. The molecule has 1 radical (unpaired) electrons. The summed E-state index contributed by atoms with van der Waals surface area (Å²) in [5.74, 6) is 0. The van der Waals surface area contributed by atoms with Gasteiger partial charge in [-0.2, -0.15) is 0 Å². The lowest BCUT2D eigenvalue weighted by molar-refractivity contribution is 0.469. The molecule has 0 saturated carbocycles. The van der Waals surface area contributed by atoms with Crippen molar-refractivity contribution in [3.63, 3.8) is 0 Å². The Morgan fingerprint density at radius 2 is 1.24 bits per heavy atom. The molecule has 1 nitrogen and oxygen atoms in total. The van der Waals surface area contributed by atoms with Gasteiger partial charge in [0.25, 0.3) is 0 Å². The second-order valence-corrected chi connectivity index (χ2v) is 5.37. The van der Waals surface area contributed by atoms with Crippen LogP contribution in [-0.4, -0.2) is 12.6 Å². The summed E-state index contributed by atoms with van der Waals surface area (Å²) >= 11 is 0. The Hall–Kier alpha value is -0.0400. The van der Waals surface area contributed by atoms with Gasteiger partial charge in [0.05, 0.1) is 0 Å². The molecule has 1 atom stereocenters. The number of nitrogens with zero attached hydrogens (tertiary/aromatic N) is 1. The summed E-state index contributed by atoms with van der Waals surface area (Å²) in [6.07, 6.45) is 15.3. The highest BCUT2D eigenvalue weighted by Crippen LogP contribution is 2.11. The smallest absolute Gasteiger partial charge is 0.0217 e. The summed E-state index contributed by atoms with van der Waals surface area (Å²) < 4.78 is 0. The van der Waals surface area contributed by atoms with Crippen LogP contribution in [0.4, 0.5) is 0 Å². The van der Waals surface area contributed by atoms with Gasteiger partial charge < -0.3 is 0 Å². The van der Waals surface area contributed by atoms with Gasteiger partial charge in [-0.05, 0) is 19.8 Å². The average molecular weight is 240 g/mol. The highest BCUT2D eigenvalue weighted by molar-refractivity contribution is 4.59. The van der Waals surface area contributed by atoms with E-state index in [-0.39, 0.29) is 0 Å². The van der Waals surface area contributed by atoms with Crippen LogP contribution in [0.2, 0.25) is 0 Å². The predicted octanol–water partition coefficient (Wildman–Crippen LogP) is 5.31. The van der Waals surface area contributed by atoms with Crippen LogP contribution < -0.4 is 5.32 Å². The minimum absolute atomic E-state index is 0.597. The Morgan fingerprint density at radius 3 is 1.76 bits per heavy atom. The molecular weight excluding hydrogens is 206 g/mol. The van der Waals surface area contributed by atoms with Gasteiger partial charge in [-0.3, -0.25) is 0 Å². The largest absolute Gasteiger partial charge is 0.239 e. The first-order valence-corrected chi connectivity index (χ1v) is 7.97. The van der Waals surface area contributed by atoms with E-state index in [4.69, 9.17) is 0 Å². The highest BCUT2D eigenvalue weighted by atomic mass is 14.9. The van der Waals surface area contributed by atoms with E-state index in [9.17, 15) is 0 Å². The number of unbranched alkanes of at least 4 members (excludes halogenated alkanes) is 8. The van der Waals surface area contributed by atoms with Crippen LogP contribution in [-0.2, 0) is 0 Å². The zero-order chi connectivity index (χ0) is 12.8. The lowest BCUT2D eigenvalue weighted by Crippen LogP contribution is -2.18. The van der Waals surface area contributed by atoms with Crippen LogP contribution in [0.1, 0.15) is 91.4 Å². The molecule has 0 aromatic rings. The van der Waals surface area contributed by atoms with Crippen LogP contribution in [0.15, 0.2) is 0 Å². The molecule has 0 rings (SSSR count). The Kier molecular flexibility index (Phi) is 14.0. The summed E-state index contributed by atoms with van der Waals surface area (Å²) in [5, 5.41) is 4.61. The van der Waals surface area contributed by atoms with Crippen molar-refractivity contribution in [1.82, 2.24) is 5.32 Å². The Labute approximate surface area is 110 Å². The molecule has 103 valence electrons. The minimum Gasteiger partial charge on any atom is -0.239 e. The van der Waals surface area contributed by atoms with Crippen molar-refractivity contribution < 1.29 is 0 Å². The summed E-state index contributed by atoms with van der Waals surface area (Å²) in [6.45, 7) is 7.80. The van der Waals surface area contributed by atoms with E-state index in [1.54, 1.807) is 0 Å². The van der Waals surface area contributed by atoms with Gasteiger partial charge in [-0.25, -0.2) is 5.32 Å². The molecule has 0 aliphatic heterocycles. The Bertz CT molecular complexity index is 133. The highest BCUT2D eigenvalue weighted by Gasteiger charge is 2.00. The molecule has 0 aromatic heterocycles. The van der Waals surface area contributed by atoms with Crippen molar-refractivity contribution in [2.75, 3.05) is 6.54 Å². The summed E-state index contributed by atoms with van der Waals surface area (Å²) in [5.41, 5.74) is 0. The fourth-order valence-electron chi connectivity index (χ4n) is 2.19.